The van der Waals surface area contributed by atoms with Gasteiger partial charge in [-0.3, -0.25) is 5.41 Å². The van der Waals surface area contributed by atoms with Gasteiger partial charge in [-0.2, -0.15) is 0 Å². The molecule has 4 heteroatoms. The standard InChI is InChI=1S/C13H20N4/c1-10-6-3-2-4-9-17(10)13-11(12(14)15)7-5-8-16-13/h5,7-8,10H,2-4,6,9H2,1H3,(H3,14,15). The number of nitrogens with zero attached hydrogens (tertiary/aromatic N) is 2. The van der Waals surface area contributed by atoms with E-state index in [0.29, 0.717) is 6.04 Å². The minimum Gasteiger partial charge on any atom is -0.384 e. The van der Waals surface area contributed by atoms with E-state index < -0.39 is 0 Å². The van der Waals surface area contributed by atoms with Crippen LogP contribution in [-0.4, -0.2) is 23.4 Å². The summed E-state index contributed by atoms with van der Waals surface area (Å²) in [5, 5.41) is 7.63. The van der Waals surface area contributed by atoms with Crippen molar-refractivity contribution in [1.82, 2.24) is 4.98 Å². The summed E-state index contributed by atoms with van der Waals surface area (Å²) < 4.78 is 0. The highest BCUT2D eigenvalue weighted by Crippen LogP contribution is 2.24. The van der Waals surface area contributed by atoms with Gasteiger partial charge in [-0.25, -0.2) is 4.98 Å². The molecule has 1 atom stereocenters. The normalized spacial score (nSPS) is 21.0. The van der Waals surface area contributed by atoms with Crippen LogP contribution < -0.4 is 10.6 Å². The lowest BCUT2D eigenvalue weighted by Crippen LogP contribution is -2.35. The number of anilines is 1. The van der Waals surface area contributed by atoms with Crippen LogP contribution in [0, 0.1) is 5.41 Å². The van der Waals surface area contributed by atoms with Gasteiger partial charge in [0.2, 0.25) is 0 Å². The molecule has 0 spiro atoms. The van der Waals surface area contributed by atoms with Gasteiger partial charge in [-0.15, -0.1) is 0 Å². The molecule has 4 nitrogen and oxygen atoms in total. The second-order valence-corrected chi connectivity index (χ2v) is 4.68. The molecule has 1 unspecified atom stereocenters. The van der Waals surface area contributed by atoms with Crippen molar-refractivity contribution in [2.75, 3.05) is 11.4 Å². The zero-order chi connectivity index (χ0) is 12.3. The van der Waals surface area contributed by atoms with Crippen LogP contribution in [0.5, 0.6) is 0 Å². The molecule has 0 radical (unpaired) electrons. The molecular formula is C13H20N4. The molecule has 17 heavy (non-hydrogen) atoms. The van der Waals surface area contributed by atoms with Gasteiger partial charge >= 0.3 is 0 Å². The average Bonchev–Trinajstić information content (AvgIpc) is 2.54. The van der Waals surface area contributed by atoms with E-state index in [1.165, 1.54) is 25.7 Å². The first kappa shape index (κ1) is 11.9. The third-order valence-corrected chi connectivity index (χ3v) is 3.40. The third-order valence-electron chi connectivity index (χ3n) is 3.40. The molecule has 2 heterocycles. The minimum absolute atomic E-state index is 0.101. The largest absolute Gasteiger partial charge is 0.384 e. The lowest BCUT2D eigenvalue weighted by Gasteiger charge is -2.29. The van der Waals surface area contributed by atoms with E-state index in [1.54, 1.807) is 6.20 Å². The fourth-order valence-corrected chi connectivity index (χ4v) is 2.43. The highest BCUT2D eigenvalue weighted by atomic mass is 15.2. The van der Waals surface area contributed by atoms with Crippen LogP contribution in [0.4, 0.5) is 5.82 Å². The average molecular weight is 232 g/mol. The summed E-state index contributed by atoms with van der Waals surface area (Å²) in [6, 6.07) is 4.19. The molecule has 3 N–H and O–H groups in total. The summed E-state index contributed by atoms with van der Waals surface area (Å²) in [6.45, 7) is 3.24. The topological polar surface area (TPSA) is 66.0 Å². The predicted octanol–water partition coefficient (Wildman–Crippen LogP) is 2.13. The monoisotopic (exact) mass is 232 g/mol. The van der Waals surface area contributed by atoms with Crippen molar-refractivity contribution in [1.29, 1.82) is 5.41 Å². The van der Waals surface area contributed by atoms with Gasteiger partial charge in [-0.05, 0) is 31.9 Å². The van der Waals surface area contributed by atoms with Crippen LogP contribution >= 0.6 is 0 Å². The lowest BCUT2D eigenvalue weighted by atomic mass is 10.1. The Morgan fingerprint density at radius 3 is 3.06 bits per heavy atom. The van der Waals surface area contributed by atoms with E-state index in [1.807, 2.05) is 12.1 Å². The number of pyridine rings is 1. The maximum atomic E-state index is 7.63. The molecule has 92 valence electrons. The van der Waals surface area contributed by atoms with Gasteiger partial charge in [0.1, 0.15) is 11.7 Å². The Kier molecular flexibility index (Phi) is 3.61. The van der Waals surface area contributed by atoms with E-state index >= 15 is 0 Å². The Balaban J connectivity index is 2.34. The Labute approximate surface area is 102 Å². The maximum absolute atomic E-state index is 7.63. The molecule has 0 saturated carbocycles. The smallest absolute Gasteiger partial charge is 0.139 e. The number of nitrogen functional groups attached to an aromatic ring is 1. The van der Waals surface area contributed by atoms with E-state index in [0.717, 1.165) is 17.9 Å². The van der Waals surface area contributed by atoms with Crippen molar-refractivity contribution in [2.24, 2.45) is 5.73 Å². The van der Waals surface area contributed by atoms with Crippen molar-refractivity contribution in [3.05, 3.63) is 23.9 Å². The Bertz CT molecular complexity index is 402. The van der Waals surface area contributed by atoms with Gasteiger partial charge in [0, 0.05) is 18.8 Å². The number of aromatic nitrogens is 1. The number of hydrogen-bond donors (Lipinski definition) is 2. The van der Waals surface area contributed by atoms with Crippen molar-refractivity contribution >= 4 is 11.7 Å². The lowest BCUT2D eigenvalue weighted by molar-refractivity contribution is 0.611. The van der Waals surface area contributed by atoms with Crippen molar-refractivity contribution in [3.63, 3.8) is 0 Å². The molecule has 1 aliphatic rings. The van der Waals surface area contributed by atoms with Crippen LogP contribution in [0.3, 0.4) is 0 Å². The summed E-state index contributed by atoms with van der Waals surface area (Å²) in [5.74, 6) is 0.971. The van der Waals surface area contributed by atoms with Crippen molar-refractivity contribution < 1.29 is 0 Å². The number of nitrogens with one attached hydrogen (secondary N) is 1. The van der Waals surface area contributed by atoms with Crippen LogP contribution in [-0.2, 0) is 0 Å². The van der Waals surface area contributed by atoms with E-state index in [9.17, 15) is 0 Å². The van der Waals surface area contributed by atoms with Gasteiger partial charge in [0.15, 0.2) is 0 Å². The molecule has 1 aromatic heterocycles. The highest BCUT2D eigenvalue weighted by molar-refractivity contribution is 5.99. The van der Waals surface area contributed by atoms with Crippen molar-refractivity contribution in [2.45, 2.75) is 38.6 Å². The fraction of sp³-hybridized carbons (Fsp3) is 0.538. The first-order chi connectivity index (χ1) is 8.20. The van der Waals surface area contributed by atoms with Crippen LogP contribution in [0.15, 0.2) is 18.3 Å². The number of amidine groups is 1. The second kappa shape index (κ2) is 5.17. The summed E-state index contributed by atoms with van der Waals surface area (Å²) in [4.78, 5) is 6.72. The third kappa shape index (κ3) is 2.57. The number of hydrogen-bond acceptors (Lipinski definition) is 3. The molecule has 1 aliphatic heterocycles. The van der Waals surface area contributed by atoms with Gasteiger partial charge in [-0.1, -0.05) is 12.8 Å². The molecule has 1 fully saturated rings. The molecule has 0 bridgehead atoms. The molecule has 2 rings (SSSR count). The molecule has 0 aliphatic carbocycles. The zero-order valence-corrected chi connectivity index (χ0v) is 10.3. The summed E-state index contributed by atoms with van der Waals surface area (Å²) >= 11 is 0. The first-order valence-electron chi connectivity index (χ1n) is 6.26. The molecule has 1 aromatic rings. The molecule has 0 aromatic carbocycles. The summed E-state index contributed by atoms with van der Waals surface area (Å²) in [6.07, 6.45) is 6.72. The van der Waals surface area contributed by atoms with Crippen molar-refractivity contribution in [3.8, 4) is 0 Å². The molecule has 0 amide bonds. The van der Waals surface area contributed by atoms with E-state index in [4.69, 9.17) is 11.1 Å². The fourth-order valence-electron chi connectivity index (χ4n) is 2.43. The number of rotatable bonds is 2. The summed E-state index contributed by atoms with van der Waals surface area (Å²) in [5.41, 5.74) is 6.37. The Hall–Kier alpha value is -1.58. The summed E-state index contributed by atoms with van der Waals surface area (Å²) in [7, 11) is 0. The van der Waals surface area contributed by atoms with Gasteiger partial charge < -0.3 is 10.6 Å². The quantitative estimate of drug-likeness (QED) is 0.606. The van der Waals surface area contributed by atoms with Crippen LogP contribution in [0.25, 0.3) is 0 Å². The number of nitrogens with two attached hydrogens (primary N) is 1. The predicted molar refractivity (Wildman–Crippen MR) is 70.5 cm³/mol. The molecule has 1 saturated heterocycles. The second-order valence-electron chi connectivity index (χ2n) is 4.68. The van der Waals surface area contributed by atoms with Crippen LogP contribution in [0.1, 0.15) is 38.2 Å². The maximum Gasteiger partial charge on any atom is 0.139 e. The Morgan fingerprint density at radius 1 is 1.47 bits per heavy atom. The van der Waals surface area contributed by atoms with Gasteiger partial charge in [0.25, 0.3) is 0 Å². The van der Waals surface area contributed by atoms with E-state index in [2.05, 4.69) is 16.8 Å². The van der Waals surface area contributed by atoms with E-state index in [-0.39, 0.29) is 5.84 Å². The SMILES string of the molecule is CC1CCCCCN1c1ncccc1C(=N)N. The minimum atomic E-state index is 0.101. The first-order valence-corrected chi connectivity index (χ1v) is 6.26. The highest BCUT2D eigenvalue weighted by Gasteiger charge is 2.21. The Morgan fingerprint density at radius 2 is 2.29 bits per heavy atom. The van der Waals surface area contributed by atoms with Gasteiger partial charge in [0.05, 0.1) is 5.56 Å². The molecular weight excluding hydrogens is 212 g/mol. The van der Waals surface area contributed by atoms with Crippen LogP contribution in [0.2, 0.25) is 0 Å². The zero-order valence-electron chi connectivity index (χ0n) is 10.3.